The first-order valence-electron chi connectivity index (χ1n) is 19.3. The number of phenols is 1. The summed E-state index contributed by atoms with van der Waals surface area (Å²) in [5, 5.41) is 13.3. The van der Waals surface area contributed by atoms with Gasteiger partial charge in [0.25, 0.3) is 5.91 Å². The number of imide groups is 1. The second-order valence-electron chi connectivity index (χ2n) is 15.9. The van der Waals surface area contributed by atoms with Crippen LogP contribution < -0.4 is 15.0 Å². The number of nitrogens with one attached hydrogen (secondary N) is 1. The number of hydrogen-bond donors (Lipinski definition) is 2. The highest BCUT2D eigenvalue weighted by molar-refractivity contribution is 9.10. The molecule has 0 bridgehead atoms. The monoisotopic (exact) mass is 822 g/mol. The van der Waals surface area contributed by atoms with Crippen molar-refractivity contribution in [3.8, 4) is 21.9 Å². The number of aromatic hydroxyl groups is 1. The van der Waals surface area contributed by atoms with Gasteiger partial charge in [0.2, 0.25) is 12.3 Å². The molecular weight excluding hydrogens is 776 g/mol. The number of phenolic OH excluding ortho intramolecular Hbond substituents is 1. The maximum absolute atomic E-state index is 13.1. The maximum Gasteiger partial charge on any atom is 0.254 e. The highest BCUT2D eigenvalue weighted by Crippen LogP contribution is 2.48. The van der Waals surface area contributed by atoms with Gasteiger partial charge in [-0.1, -0.05) is 41.1 Å². The lowest BCUT2D eigenvalue weighted by molar-refractivity contribution is -0.125. The van der Waals surface area contributed by atoms with Crippen molar-refractivity contribution in [3.05, 3.63) is 100 Å². The van der Waals surface area contributed by atoms with Crippen LogP contribution in [0.4, 0.5) is 5.69 Å². The third-order valence-electron chi connectivity index (χ3n) is 12.2. The third kappa shape index (κ3) is 7.84. The number of halogens is 1. The standard InChI is InChI=1S/C44H47BrN4O5S/c1-28(3-12-40(52)46-27-50)49-24-31-21-34(8-10-37(31)43(49)53)48-19-15-29(16-20-48)23-47-25-32(26-47)44(2)17-13-36(14-18-44)54-41-38-11-9-35(51)22-39(38)55-42(41)30-4-6-33(45)7-5-30/h4-11,13-14,17,21-22,27-29,32,51H,3,12,15-16,18-20,23-26H2,1-2H3,(H,46,50,52). The summed E-state index contributed by atoms with van der Waals surface area (Å²) in [7, 11) is 0. The number of piperidine rings is 1. The number of allylic oxidation sites excluding steroid dienone is 3. The van der Waals surface area contributed by atoms with E-state index >= 15 is 0 Å². The molecule has 2 fully saturated rings. The summed E-state index contributed by atoms with van der Waals surface area (Å²) >= 11 is 5.18. The van der Waals surface area contributed by atoms with E-state index in [1.807, 2.05) is 42.2 Å². The number of rotatable bonds is 12. The van der Waals surface area contributed by atoms with Crippen LogP contribution >= 0.6 is 27.3 Å². The van der Waals surface area contributed by atoms with E-state index in [-0.39, 0.29) is 35.4 Å². The summed E-state index contributed by atoms with van der Waals surface area (Å²) in [5.74, 6) is 2.93. The minimum atomic E-state index is -0.320. The largest absolute Gasteiger partial charge is 0.508 e. The number of amides is 3. The fraction of sp³-hybridized carbons (Fsp3) is 0.386. The molecule has 55 heavy (non-hydrogen) atoms. The van der Waals surface area contributed by atoms with Crippen molar-refractivity contribution in [2.45, 2.75) is 58.5 Å². The molecule has 11 heteroatoms. The molecule has 1 aliphatic carbocycles. The number of carbonyl (C=O) groups excluding carboxylic acids is 3. The lowest BCUT2D eigenvalue weighted by Crippen LogP contribution is -2.55. The predicted octanol–water partition coefficient (Wildman–Crippen LogP) is 8.51. The van der Waals surface area contributed by atoms with Crippen LogP contribution in [-0.2, 0) is 16.1 Å². The number of nitrogens with zero attached hydrogens (tertiary/aromatic N) is 3. The van der Waals surface area contributed by atoms with E-state index < -0.39 is 0 Å². The molecule has 2 atom stereocenters. The Morgan fingerprint density at radius 2 is 1.89 bits per heavy atom. The van der Waals surface area contributed by atoms with Gasteiger partial charge in [-0.15, -0.1) is 11.3 Å². The Balaban J connectivity index is 0.815. The molecule has 2 N–H and O–H groups in total. The molecule has 1 aromatic heterocycles. The fourth-order valence-electron chi connectivity index (χ4n) is 8.57. The van der Waals surface area contributed by atoms with Crippen molar-refractivity contribution < 1.29 is 24.2 Å². The van der Waals surface area contributed by atoms with E-state index in [1.54, 1.807) is 17.4 Å². The lowest BCUT2D eigenvalue weighted by Gasteiger charge is -2.50. The van der Waals surface area contributed by atoms with Crippen molar-refractivity contribution in [2.75, 3.05) is 37.6 Å². The quantitative estimate of drug-likeness (QED) is 0.138. The first-order valence-corrected chi connectivity index (χ1v) is 20.9. The first-order chi connectivity index (χ1) is 26.6. The summed E-state index contributed by atoms with van der Waals surface area (Å²) in [6.45, 7) is 10.3. The normalized spacial score (nSPS) is 21.0. The Bertz CT molecular complexity index is 2170. The highest BCUT2D eigenvalue weighted by Gasteiger charge is 2.41. The van der Waals surface area contributed by atoms with E-state index in [0.717, 1.165) is 99.6 Å². The summed E-state index contributed by atoms with van der Waals surface area (Å²) in [6.07, 6.45) is 11.1. The van der Waals surface area contributed by atoms with Crippen LogP contribution in [0.1, 0.15) is 61.9 Å². The van der Waals surface area contributed by atoms with Crippen LogP contribution in [0, 0.1) is 17.3 Å². The smallest absolute Gasteiger partial charge is 0.254 e. The molecule has 0 spiro atoms. The van der Waals surface area contributed by atoms with E-state index in [4.69, 9.17) is 4.74 Å². The van der Waals surface area contributed by atoms with Crippen molar-refractivity contribution in [3.63, 3.8) is 0 Å². The Morgan fingerprint density at radius 1 is 1.11 bits per heavy atom. The zero-order valence-electron chi connectivity index (χ0n) is 31.3. The van der Waals surface area contributed by atoms with Crippen LogP contribution in [0.25, 0.3) is 20.5 Å². The average Bonchev–Trinajstić information content (AvgIpc) is 3.69. The SMILES string of the molecule is CC(CCC(=O)NC=O)N1Cc2cc(N3CCC(CN4CC(C5(C)C=CC(Oc6c(-c7ccc(Br)cc7)sc7cc(O)ccc67)=CC5)C4)CC3)ccc2C1=O. The second-order valence-corrected chi connectivity index (χ2v) is 17.9. The predicted molar refractivity (Wildman–Crippen MR) is 221 cm³/mol. The van der Waals surface area contributed by atoms with E-state index in [2.05, 4.69) is 80.5 Å². The molecular formula is C44H47BrN4O5S. The summed E-state index contributed by atoms with van der Waals surface area (Å²) in [6, 6.07) is 19.9. The fourth-order valence-corrected chi connectivity index (χ4v) is 10.0. The van der Waals surface area contributed by atoms with Gasteiger partial charge in [0.05, 0.1) is 4.88 Å². The Morgan fingerprint density at radius 3 is 2.62 bits per heavy atom. The number of ether oxygens (including phenoxy) is 1. The van der Waals surface area contributed by atoms with Crippen LogP contribution in [-0.4, -0.2) is 71.9 Å². The molecule has 0 saturated carbocycles. The topological polar surface area (TPSA) is 102 Å². The van der Waals surface area contributed by atoms with Gasteiger partial charge >= 0.3 is 0 Å². The molecule has 4 aromatic rings. The Labute approximate surface area is 334 Å². The van der Waals surface area contributed by atoms with Gasteiger partial charge in [-0.05, 0) is 122 Å². The molecule has 3 aromatic carbocycles. The molecule has 286 valence electrons. The number of fused-ring (bicyclic) bond motifs is 2. The zero-order valence-corrected chi connectivity index (χ0v) is 33.7. The minimum Gasteiger partial charge on any atom is -0.508 e. The molecule has 9 nitrogen and oxygen atoms in total. The molecule has 3 aliphatic heterocycles. The molecule has 4 aliphatic rings. The highest BCUT2D eigenvalue weighted by atomic mass is 79.9. The van der Waals surface area contributed by atoms with Crippen molar-refractivity contribution in [2.24, 2.45) is 17.3 Å². The maximum atomic E-state index is 13.1. The summed E-state index contributed by atoms with van der Waals surface area (Å²) < 4.78 is 8.68. The van der Waals surface area contributed by atoms with Gasteiger partial charge in [0, 0.05) is 77.5 Å². The van der Waals surface area contributed by atoms with Gasteiger partial charge in [-0.2, -0.15) is 0 Å². The summed E-state index contributed by atoms with van der Waals surface area (Å²) in [4.78, 5) is 43.4. The number of carbonyl (C=O) groups is 3. The summed E-state index contributed by atoms with van der Waals surface area (Å²) in [5.41, 5.74) is 4.16. The van der Waals surface area contributed by atoms with Gasteiger partial charge in [-0.25, -0.2) is 0 Å². The number of benzene rings is 3. The first kappa shape index (κ1) is 37.5. The Hall–Kier alpha value is -4.45. The van der Waals surface area contributed by atoms with Gasteiger partial charge < -0.3 is 24.5 Å². The molecule has 2 saturated heterocycles. The lowest BCUT2D eigenvalue weighted by atomic mass is 9.69. The zero-order chi connectivity index (χ0) is 38.3. The molecule has 3 amide bonds. The van der Waals surface area contributed by atoms with Crippen molar-refractivity contribution in [1.29, 1.82) is 0 Å². The second kappa shape index (κ2) is 15.6. The molecule has 4 heterocycles. The van der Waals surface area contributed by atoms with Crippen molar-refractivity contribution >= 4 is 61.3 Å². The van der Waals surface area contributed by atoms with E-state index in [9.17, 15) is 19.5 Å². The van der Waals surface area contributed by atoms with E-state index in [0.29, 0.717) is 31.2 Å². The molecule has 2 unspecified atom stereocenters. The van der Waals surface area contributed by atoms with Crippen LogP contribution in [0.5, 0.6) is 11.5 Å². The van der Waals surface area contributed by atoms with Crippen LogP contribution in [0.2, 0.25) is 0 Å². The van der Waals surface area contributed by atoms with Gasteiger partial charge in [0.1, 0.15) is 11.5 Å². The number of anilines is 1. The Kier molecular flexibility index (Phi) is 10.6. The van der Waals surface area contributed by atoms with Crippen LogP contribution in [0.3, 0.4) is 0 Å². The third-order valence-corrected chi connectivity index (χ3v) is 13.9. The average molecular weight is 824 g/mol. The number of likely N-dealkylation sites (tertiary alicyclic amines) is 1. The minimum absolute atomic E-state index is 0.0135. The number of thiophene rings is 1. The molecule has 8 rings (SSSR count). The number of hydrogen-bond acceptors (Lipinski definition) is 8. The molecule has 0 radical (unpaired) electrons. The van der Waals surface area contributed by atoms with Gasteiger partial charge in [0.15, 0.2) is 5.75 Å². The van der Waals surface area contributed by atoms with Crippen molar-refractivity contribution in [1.82, 2.24) is 15.1 Å². The van der Waals surface area contributed by atoms with E-state index in [1.165, 1.54) is 5.69 Å². The van der Waals surface area contributed by atoms with Gasteiger partial charge in [-0.3, -0.25) is 19.7 Å². The van der Waals surface area contributed by atoms with Crippen LogP contribution in [0.15, 0.2) is 89.1 Å².